The summed E-state index contributed by atoms with van der Waals surface area (Å²) < 4.78 is 0. The molecule has 1 saturated heterocycles. The molecule has 1 atom stereocenters. The van der Waals surface area contributed by atoms with Gasteiger partial charge >= 0.3 is 5.97 Å². The number of carboxylic acids is 1. The number of hydrogen-bond acceptors (Lipinski definition) is 3. The zero-order valence-corrected chi connectivity index (χ0v) is 11.6. The van der Waals surface area contributed by atoms with Gasteiger partial charge in [0, 0.05) is 12.6 Å². The fraction of sp³-hybridized carbons (Fsp3) is 0.467. The number of piperidine rings is 1. The van der Waals surface area contributed by atoms with E-state index >= 15 is 0 Å². The fourth-order valence-corrected chi connectivity index (χ4v) is 2.82. The van der Waals surface area contributed by atoms with Crippen molar-refractivity contribution in [2.45, 2.75) is 38.6 Å². The smallest absolute Gasteiger partial charge is 0.305 e. The number of hydrogen-bond donors (Lipinski definition) is 2. The molecule has 20 heavy (non-hydrogen) atoms. The van der Waals surface area contributed by atoms with Crippen LogP contribution in [-0.2, 0) is 4.79 Å². The molecule has 0 radical (unpaired) electrons. The van der Waals surface area contributed by atoms with Crippen molar-refractivity contribution in [1.29, 1.82) is 0 Å². The lowest BCUT2D eigenvalue weighted by Gasteiger charge is -2.37. The summed E-state index contributed by atoms with van der Waals surface area (Å²) >= 11 is 0. The van der Waals surface area contributed by atoms with Crippen LogP contribution in [0.5, 0.6) is 0 Å². The number of nitrogens with zero attached hydrogens (tertiary/aromatic N) is 1. The molecule has 1 aromatic rings. The Kier molecular flexibility index (Phi) is 4.27. The summed E-state index contributed by atoms with van der Waals surface area (Å²) in [5.74, 6) is -1.28. The van der Waals surface area contributed by atoms with Gasteiger partial charge in [0.05, 0.1) is 17.7 Å². The van der Waals surface area contributed by atoms with Crippen LogP contribution in [-0.4, -0.2) is 29.6 Å². The molecule has 1 aliphatic heterocycles. The van der Waals surface area contributed by atoms with E-state index in [2.05, 4.69) is 0 Å². The number of amides is 1. The molecule has 1 amide bonds. The van der Waals surface area contributed by atoms with E-state index in [4.69, 9.17) is 10.8 Å². The second-order valence-electron chi connectivity index (χ2n) is 5.33. The number of nitrogens with two attached hydrogens (primary N) is 1. The van der Waals surface area contributed by atoms with Gasteiger partial charge in [-0.25, -0.2) is 0 Å². The fourth-order valence-electron chi connectivity index (χ4n) is 2.82. The standard InChI is InChI=1S/C15H20N2O3/c1-10-5-6-12(15(16)20)13(8-10)17-7-3-2-4-11(17)9-14(18)19/h5-6,8,11H,2-4,7,9H2,1H3,(H2,16,20)(H,18,19). The van der Waals surface area contributed by atoms with E-state index in [0.29, 0.717) is 5.56 Å². The molecule has 1 unspecified atom stereocenters. The van der Waals surface area contributed by atoms with Gasteiger partial charge in [-0.2, -0.15) is 0 Å². The molecule has 2 rings (SSSR count). The van der Waals surface area contributed by atoms with E-state index in [0.717, 1.165) is 37.1 Å². The number of carbonyl (C=O) groups excluding carboxylic acids is 1. The maximum absolute atomic E-state index is 11.6. The lowest BCUT2D eigenvalue weighted by atomic mass is 9.96. The molecule has 3 N–H and O–H groups in total. The Morgan fingerprint density at radius 1 is 1.40 bits per heavy atom. The number of aryl methyl sites for hydroxylation is 1. The largest absolute Gasteiger partial charge is 0.481 e. The first-order chi connectivity index (χ1) is 9.49. The van der Waals surface area contributed by atoms with E-state index in [1.807, 2.05) is 24.0 Å². The van der Waals surface area contributed by atoms with Crippen LogP contribution in [0.3, 0.4) is 0 Å². The number of rotatable bonds is 4. The van der Waals surface area contributed by atoms with Gasteiger partial charge in [0.1, 0.15) is 0 Å². The Morgan fingerprint density at radius 2 is 2.15 bits per heavy atom. The van der Waals surface area contributed by atoms with Gasteiger partial charge in [-0.15, -0.1) is 0 Å². The van der Waals surface area contributed by atoms with E-state index in [-0.39, 0.29) is 12.5 Å². The third-order valence-corrected chi connectivity index (χ3v) is 3.77. The highest BCUT2D eigenvalue weighted by atomic mass is 16.4. The molecule has 1 aromatic carbocycles. The summed E-state index contributed by atoms with van der Waals surface area (Å²) in [7, 11) is 0. The van der Waals surface area contributed by atoms with Crippen molar-refractivity contribution >= 4 is 17.6 Å². The lowest BCUT2D eigenvalue weighted by molar-refractivity contribution is -0.137. The molecule has 5 heteroatoms. The van der Waals surface area contributed by atoms with Gasteiger partial charge in [0.15, 0.2) is 0 Å². The molecule has 1 aliphatic rings. The summed E-state index contributed by atoms with van der Waals surface area (Å²) in [6.45, 7) is 2.71. The monoisotopic (exact) mass is 276 g/mol. The van der Waals surface area contributed by atoms with Crippen LogP contribution in [0.2, 0.25) is 0 Å². The summed E-state index contributed by atoms with van der Waals surface area (Å²) in [4.78, 5) is 24.6. The molecule has 108 valence electrons. The van der Waals surface area contributed by atoms with Gasteiger partial charge in [-0.05, 0) is 43.9 Å². The van der Waals surface area contributed by atoms with Crippen molar-refractivity contribution in [3.8, 4) is 0 Å². The number of primary amides is 1. The summed E-state index contributed by atoms with van der Waals surface area (Å²) in [5.41, 5.74) is 7.70. The summed E-state index contributed by atoms with van der Waals surface area (Å²) in [6.07, 6.45) is 2.94. The maximum Gasteiger partial charge on any atom is 0.305 e. The Bertz CT molecular complexity index is 528. The Morgan fingerprint density at radius 3 is 2.80 bits per heavy atom. The second-order valence-corrected chi connectivity index (χ2v) is 5.33. The number of benzene rings is 1. The van der Waals surface area contributed by atoms with Gasteiger partial charge in [-0.1, -0.05) is 6.07 Å². The predicted molar refractivity (Wildman–Crippen MR) is 76.9 cm³/mol. The Labute approximate surface area is 118 Å². The van der Waals surface area contributed by atoms with Crippen LogP contribution in [0.1, 0.15) is 41.6 Å². The third kappa shape index (κ3) is 3.10. The normalized spacial score (nSPS) is 18.9. The van der Waals surface area contributed by atoms with Gasteiger partial charge < -0.3 is 15.7 Å². The van der Waals surface area contributed by atoms with E-state index < -0.39 is 11.9 Å². The average Bonchev–Trinajstić information content (AvgIpc) is 2.38. The minimum absolute atomic E-state index is 0.0684. The zero-order valence-electron chi connectivity index (χ0n) is 11.6. The van der Waals surface area contributed by atoms with Crippen LogP contribution in [0.25, 0.3) is 0 Å². The van der Waals surface area contributed by atoms with E-state index in [1.165, 1.54) is 0 Å². The Hall–Kier alpha value is -2.04. The quantitative estimate of drug-likeness (QED) is 0.880. The minimum Gasteiger partial charge on any atom is -0.481 e. The number of carbonyl (C=O) groups is 2. The molecule has 1 heterocycles. The van der Waals surface area contributed by atoms with Crippen LogP contribution < -0.4 is 10.6 Å². The van der Waals surface area contributed by atoms with Crippen molar-refractivity contribution in [2.24, 2.45) is 5.73 Å². The third-order valence-electron chi connectivity index (χ3n) is 3.77. The van der Waals surface area contributed by atoms with Crippen LogP contribution in [0.15, 0.2) is 18.2 Å². The highest BCUT2D eigenvalue weighted by Crippen LogP contribution is 2.30. The van der Waals surface area contributed by atoms with Crippen molar-refractivity contribution < 1.29 is 14.7 Å². The van der Waals surface area contributed by atoms with Gasteiger partial charge in [-0.3, -0.25) is 9.59 Å². The van der Waals surface area contributed by atoms with Crippen LogP contribution in [0, 0.1) is 6.92 Å². The molecule has 0 aromatic heterocycles. The first-order valence-electron chi connectivity index (χ1n) is 6.88. The molecular formula is C15H20N2O3. The zero-order chi connectivity index (χ0) is 14.7. The molecule has 5 nitrogen and oxygen atoms in total. The summed E-state index contributed by atoms with van der Waals surface area (Å²) in [6, 6.07) is 5.42. The van der Waals surface area contributed by atoms with Gasteiger partial charge in [0.2, 0.25) is 0 Å². The topological polar surface area (TPSA) is 83.6 Å². The average molecular weight is 276 g/mol. The number of aliphatic carboxylic acids is 1. The van der Waals surface area contributed by atoms with Crippen LogP contribution in [0.4, 0.5) is 5.69 Å². The summed E-state index contributed by atoms with van der Waals surface area (Å²) in [5, 5.41) is 9.05. The maximum atomic E-state index is 11.6. The molecule has 0 spiro atoms. The number of anilines is 1. The number of carboxylic acid groups (broad SMARTS) is 1. The highest BCUT2D eigenvalue weighted by molar-refractivity contribution is 5.99. The van der Waals surface area contributed by atoms with Crippen molar-refractivity contribution in [3.05, 3.63) is 29.3 Å². The van der Waals surface area contributed by atoms with Crippen molar-refractivity contribution in [1.82, 2.24) is 0 Å². The Balaban J connectivity index is 2.38. The lowest BCUT2D eigenvalue weighted by Crippen LogP contribution is -2.42. The molecule has 0 aliphatic carbocycles. The van der Waals surface area contributed by atoms with E-state index in [9.17, 15) is 9.59 Å². The highest BCUT2D eigenvalue weighted by Gasteiger charge is 2.27. The van der Waals surface area contributed by atoms with Crippen molar-refractivity contribution in [3.63, 3.8) is 0 Å². The molecule has 0 saturated carbocycles. The first-order valence-corrected chi connectivity index (χ1v) is 6.88. The predicted octanol–water partition coefficient (Wildman–Crippen LogP) is 1.93. The first kappa shape index (κ1) is 14.4. The van der Waals surface area contributed by atoms with E-state index in [1.54, 1.807) is 6.07 Å². The van der Waals surface area contributed by atoms with Crippen molar-refractivity contribution in [2.75, 3.05) is 11.4 Å². The second kappa shape index (κ2) is 5.94. The minimum atomic E-state index is -0.810. The van der Waals surface area contributed by atoms with Gasteiger partial charge in [0.25, 0.3) is 5.91 Å². The molecule has 0 bridgehead atoms. The molecular weight excluding hydrogens is 256 g/mol. The molecule has 1 fully saturated rings. The SMILES string of the molecule is Cc1ccc(C(N)=O)c(N2CCCCC2CC(=O)O)c1. The van der Waals surface area contributed by atoms with Crippen LogP contribution >= 0.6 is 0 Å².